The molecular weight excluding hydrogens is 398 g/mol. The molecule has 1 aliphatic heterocycles. The molecule has 0 saturated carbocycles. The predicted molar refractivity (Wildman–Crippen MR) is 109 cm³/mol. The molecule has 1 aromatic heterocycles. The van der Waals surface area contributed by atoms with E-state index in [0.717, 1.165) is 5.56 Å². The Morgan fingerprint density at radius 1 is 1.07 bits per heavy atom. The van der Waals surface area contributed by atoms with E-state index in [4.69, 9.17) is 11.6 Å². The molecule has 0 saturated heterocycles. The zero-order valence-corrected chi connectivity index (χ0v) is 16.0. The van der Waals surface area contributed by atoms with Crippen LogP contribution in [0.5, 0.6) is 0 Å². The minimum Gasteiger partial charge on any atom is -0.321 e. The molecule has 3 aromatic rings. The first kappa shape index (κ1) is 18.2. The molecule has 0 fully saturated rings. The summed E-state index contributed by atoms with van der Waals surface area (Å²) < 4.78 is 28.0. The fourth-order valence-electron chi connectivity index (χ4n) is 2.87. The molecule has 1 amide bonds. The summed E-state index contributed by atoms with van der Waals surface area (Å²) in [6.45, 7) is 0. The average Bonchev–Trinajstić information content (AvgIpc) is 2.97. The molecule has 2 N–H and O–H groups in total. The number of carbonyl (C=O) groups excluding carboxylic acids is 1. The predicted octanol–water partition coefficient (Wildman–Crippen LogP) is 4.03. The highest BCUT2D eigenvalue weighted by Gasteiger charge is 2.26. The van der Waals surface area contributed by atoms with Gasteiger partial charge in [-0.05, 0) is 54.1 Å². The van der Waals surface area contributed by atoms with Crippen LogP contribution in [0.25, 0.3) is 11.6 Å². The highest BCUT2D eigenvalue weighted by atomic mass is 35.5. The summed E-state index contributed by atoms with van der Waals surface area (Å²) in [5.74, 6) is -0.295. The van der Waals surface area contributed by atoms with Gasteiger partial charge in [0.05, 0.1) is 10.6 Å². The Morgan fingerprint density at radius 2 is 1.93 bits per heavy atom. The van der Waals surface area contributed by atoms with Gasteiger partial charge in [0.1, 0.15) is 0 Å². The van der Waals surface area contributed by atoms with E-state index in [1.54, 1.807) is 48.8 Å². The van der Waals surface area contributed by atoms with Crippen LogP contribution in [0.15, 0.2) is 71.9 Å². The number of anilines is 2. The lowest BCUT2D eigenvalue weighted by molar-refractivity contribution is -0.110. The molecule has 0 spiro atoms. The van der Waals surface area contributed by atoms with Gasteiger partial charge >= 0.3 is 0 Å². The Bertz CT molecular complexity index is 1210. The third-order valence-corrected chi connectivity index (χ3v) is 5.77. The average molecular weight is 412 g/mol. The third kappa shape index (κ3) is 3.62. The third-order valence-electron chi connectivity index (χ3n) is 4.16. The number of benzene rings is 2. The second kappa shape index (κ2) is 7.10. The Kier molecular flexibility index (Phi) is 4.62. The van der Waals surface area contributed by atoms with Crippen LogP contribution in [0.1, 0.15) is 11.1 Å². The highest BCUT2D eigenvalue weighted by Crippen LogP contribution is 2.35. The number of nitrogens with zero attached hydrogens (tertiary/aromatic N) is 1. The minimum absolute atomic E-state index is 0.0415. The number of sulfonamides is 1. The van der Waals surface area contributed by atoms with Crippen LogP contribution >= 0.6 is 11.6 Å². The molecule has 0 bridgehead atoms. The second-order valence-electron chi connectivity index (χ2n) is 6.12. The Hall–Kier alpha value is -3.16. The van der Waals surface area contributed by atoms with Crippen LogP contribution in [0.2, 0.25) is 5.02 Å². The largest absolute Gasteiger partial charge is 0.321 e. The van der Waals surface area contributed by atoms with Gasteiger partial charge in [-0.25, -0.2) is 8.42 Å². The van der Waals surface area contributed by atoms with Crippen LogP contribution in [0.4, 0.5) is 11.4 Å². The first-order valence-electron chi connectivity index (χ1n) is 8.28. The zero-order valence-electron chi connectivity index (χ0n) is 14.4. The van der Waals surface area contributed by atoms with Crippen LogP contribution in [0.3, 0.4) is 0 Å². The number of hydrogen-bond acceptors (Lipinski definition) is 4. The van der Waals surface area contributed by atoms with E-state index in [0.29, 0.717) is 27.5 Å². The minimum atomic E-state index is -3.85. The number of rotatable bonds is 4. The van der Waals surface area contributed by atoms with Gasteiger partial charge in [0.15, 0.2) is 0 Å². The number of halogens is 1. The summed E-state index contributed by atoms with van der Waals surface area (Å²) in [6, 6.07) is 14.5. The van der Waals surface area contributed by atoms with E-state index in [9.17, 15) is 13.2 Å². The van der Waals surface area contributed by atoms with Gasteiger partial charge in [-0.2, -0.15) is 0 Å². The second-order valence-corrected chi connectivity index (χ2v) is 8.24. The topological polar surface area (TPSA) is 88.2 Å². The van der Waals surface area contributed by atoms with Crippen molar-refractivity contribution in [3.63, 3.8) is 0 Å². The van der Waals surface area contributed by atoms with E-state index < -0.39 is 10.0 Å². The van der Waals surface area contributed by atoms with Crippen LogP contribution in [-0.2, 0) is 14.8 Å². The number of nitrogens with one attached hydrogen (secondary N) is 2. The van der Waals surface area contributed by atoms with E-state index in [1.807, 2.05) is 6.07 Å². The molecule has 0 atom stereocenters. The van der Waals surface area contributed by atoms with Crippen molar-refractivity contribution >= 4 is 50.6 Å². The Balaban J connectivity index is 1.72. The van der Waals surface area contributed by atoms with E-state index in [-0.39, 0.29) is 10.8 Å². The summed E-state index contributed by atoms with van der Waals surface area (Å²) in [5.41, 5.74) is 2.55. The van der Waals surface area contributed by atoms with Gasteiger partial charge in [-0.15, -0.1) is 0 Å². The quantitative estimate of drug-likeness (QED) is 0.634. The van der Waals surface area contributed by atoms with Crippen molar-refractivity contribution in [1.29, 1.82) is 0 Å². The lowest BCUT2D eigenvalue weighted by atomic mass is 10.0. The van der Waals surface area contributed by atoms with Crippen molar-refractivity contribution in [2.45, 2.75) is 4.90 Å². The lowest BCUT2D eigenvalue weighted by Crippen LogP contribution is -2.13. The van der Waals surface area contributed by atoms with Crippen molar-refractivity contribution in [1.82, 2.24) is 4.98 Å². The molecule has 6 nitrogen and oxygen atoms in total. The van der Waals surface area contributed by atoms with Crippen LogP contribution < -0.4 is 10.0 Å². The normalized spacial score (nSPS) is 14.6. The van der Waals surface area contributed by atoms with Gasteiger partial charge in [-0.1, -0.05) is 23.7 Å². The number of carbonyl (C=O) groups is 1. The van der Waals surface area contributed by atoms with Gasteiger partial charge in [0.25, 0.3) is 15.9 Å². The lowest BCUT2D eigenvalue weighted by Gasteiger charge is -2.09. The van der Waals surface area contributed by atoms with Crippen LogP contribution in [0, 0.1) is 0 Å². The molecule has 0 unspecified atom stereocenters. The molecule has 2 aromatic carbocycles. The van der Waals surface area contributed by atoms with Gasteiger partial charge in [0.2, 0.25) is 0 Å². The monoisotopic (exact) mass is 411 g/mol. The molecular formula is C20H14ClN3O3S. The van der Waals surface area contributed by atoms with Crippen molar-refractivity contribution in [2.75, 3.05) is 10.0 Å². The standard InChI is InChI=1S/C20H14ClN3O3S/c21-14-4-1-5-15(10-14)24-28(26,27)16-6-7-19-17(11-16)18(20(25)23-19)9-13-3-2-8-22-12-13/h1-12,24H,(H,23,25)/b18-9+. The summed E-state index contributed by atoms with van der Waals surface area (Å²) >= 11 is 5.92. The maximum atomic E-state index is 12.8. The summed E-state index contributed by atoms with van der Waals surface area (Å²) in [6.07, 6.45) is 4.94. The molecule has 0 aliphatic carbocycles. The number of aromatic nitrogens is 1. The van der Waals surface area contributed by atoms with Crippen molar-refractivity contribution in [3.05, 3.63) is 83.1 Å². The number of fused-ring (bicyclic) bond motifs is 1. The number of hydrogen-bond donors (Lipinski definition) is 2. The molecule has 140 valence electrons. The van der Waals surface area contributed by atoms with Crippen molar-refractivity contribution in [3.8, 4) is 0 Å². The fraction of sp³-hybridized carbons (Fsp3) is 0. The number of pyridine rings is 1. The number of amides is 1. The van der Waals surface area contributed by atoms with Crippen molar-refractivity contribution in [2.24, 2.45) is 0 Å². The Labute approximate surface area is 166 Å². The highest BCUT2D eigenvalue weighted by molar-refractivity contribution is 7.92. The summed E-state index contributed by atoms with van der Waals surface area (Å²) in [7, 11) is -3.85. The zero-order chi connectivity index (χ0) is 19.7. The first-order valence-corrected chi connectivity index (χ1v) is 10.1. The molecule has 8 heteroatoms. The molecule has 0 radical (unpaired) electrons. The van der Waals surface area contributed by atoms with E-state index >= 15 is 0 Å². The Morgan fingerprint density at radius 3 is 2.68 bits per heavy atom. The van der Waals surface area contributed by atoms with Crippen LogP contribution in [-0.4, -0.2) is 19.3 Å². The molecule has 1 aliphatic rings. The van der Waals surface area contributed by atoms with Gasteiger partial charge in [0, 0.05) is 34.2 Å². The first-order chi connectivity index (χ1) is 13.4. The SMILES string of the molecule is O=C1Nc2ccc(S(=O)(=O)Nc3cccc(Cl)c3)cc2/C1=C\c1cccnc1. The van der Waals surface area contributed by atoms with Gasteiger partial charge in [-0.3, -0.25) is 14.5 Å². The smallest absolute Gasteiger partial charge is 0.261 e. The van der Waals surface area contributed by atoms with E-state index in [2.05, 4.69) is 15.0 Å². The molecule has 2 heterocycles. The summed E-state index contributed by atoms with van der Waals surface area (Å²) in [4.78, 5) is 16.4. The maximum absolute atomic E-state index is 12.8. The van der Waals surface area contributed by atoms with E-state index in [1.165, 1.54) is 18.2 Å². The maximum Gasteiger partial charge on any atom is 0.261 e. The molecule has 28 heavy (non-hydrogen) atoms. The molecule has 4 rings (SSSR count). The summed E-state index contributed by atoms with van der Waals surface area (Å²) in [5, 5.41) is 3.17. The van der Waals surface area contributed by atoms with Gasteiger partial charge < -0.3 is 5.32 Å². The fourth-order valence-corrected chi connectivity index (χ4v) is 4.14. The van der Waals surface area contributed by atoms with Crippen molar-refractivity contribution < 1.29 is 13.2 Å².